The molecule has 1 fully saturated rings. The van der Waals surface area contributed by atoms with E-state index >= 15 is 0 Å². The Hall–Kier alpha value is -1.52. The maximum atomic E-state index is 11.5. The Morgan fingerprint density at radius 3 is 2.44 bits per heavy atom. The molecule has 4 atom stereocenters. The highest BCUT2D eigenvalue weighted by molar-refractivity contribution is 5.13. The van der Waals surface area contributed by atoms with Gasteiger partial charge < -0.3 is 30.5 Å². The number of aliphatic hydroxyl groups excluding tert-OH is 3. The number of aromatic nitrogens is 2. The van der Waals surface area contributed by atoms with E-state index in [1.54, 1.807) is 0 Å². The number of hydrogen-bond acceptors (Lipinski definition) is 6. The molecule has 0 bridgehead atoms. The highest BCUT2D eigenvalue weighted by atomic mass is 16.6. The summed E-state index contributed by atoms with van der Waals surface area (Å²) in [6.45, 7) is -0.476. The van der Waals surface area contributed by atoms with Gasteiger partial charge in [0.2, 0.25) is 0 Å². The van der Waals surface area contributed by atoms with E-state index in [2.05, 4.69) is 4.98 Å². The van der Waals surface area contributed by atoms with E-state index in [1.165, 1.54) is 0 Å². The summed E-state index contributed by atoms with van der Waals surface area (Å²) < 4.78 is 5.15. The van der Waals surface area contributed by atoms with Crippen LogP contribution in [0.25, 0.3) is 0 Å². The molecule has 0 saturated carbocycles. The second kappa shape index (κ2) is 5.42. The van der Waals surface area contributed by atoms with E-state index in [0.717, 1.165) is 6.20 Å². The third-order valence-electron chi connectivity index (χ3n) is 2.70. The molecule has 0 aliphatic carbocycles. The molecule has 9 nitrogen and oxygen atoms in total. The van der Waals surface area contributed by atoms with Crippen molar-refractivity contribution in [1.82, 2.24) is 9.97 Å². The fraction of sp³-hybridized carbons (Fsp3) is 0.556. The number of aromatic amines is 2. The molecule has 2 rings (SSSR count). The first-order valence-corrected chi connectivity index (χ1v) is 4.99. The zero-order valence-electron chi connectivity index (χ0n) is 9.16. The van der Waals surface area contributed by atoms with Crippen molar-refractivity contribution in [1.29, 1.82) is 0 Å². The molecule has 1 aliphatic rings. The number of ether oxygens (including phenoxy) is 1. The molecule has 1 aliphatic heterocycles. The lowest BCUT2D eigenvalue weighted by atomic mass is 10.0. The van der Waals surface area contributed by atoms with Crippen molar-refractivity contribution in [3.63, 3.8) is 0 Å². The molecule has 0 amide bonds. The van der Waals surface area contributed by atoms with Crippen LogP contribution in [0, 0.1) is 0 Å². The van der Waals surface area contributed by atoms with Crippen molar-refractivity contribution < 1.29 is 25.5 Å². The van der Waals surface area contributed by atoms with Crippen LogP contribution in [-0.2, 0) is 4.74 Å². The average molecular weight is 262 g/mol. The van der Waals surface area contributed by atoms with Crippen LogP contribution in [0.1, 0.15) is 11.7 Å². The first kappa shape index (κ1) is 14.5. The van der Waals surface area contributed by atoms with Crippen LogP contribution < -0.4 is 11.2 Å². The predicted molar refractivity (Wildman–Crippen MR) is 58.0 cm³/mol. The van der Waals surface area contributed by atoms with Gasteiger partial charge in [0.1, 0.15) is 24.4 Å². The third kappa shape index (κ3) is 2.35. The number of H-pyrrole nitrogens is 2. The lowest BCUT2D eigenvalue weighted by molar-refractivity contribution is -0.0232. The normalized spacial score (nSPS) is 31.1. The molecule has 18 heavy (non-hydrogen) atoms. The van der Waals surface area contributed by atoms with Gasteiger partial charge in [-0.15, -0.1) is 0 Å². The van der Waals surface area contributed by atoms with Crippen molar-refractivity contribution in [3.8, 4) is 0 Å². The second-order valence-corrected chi connectivity index (χ2v) is 3.79. The number of rotatable bonds is 2. The van der Waals surface area contributed by atoms with Gasteiger partial charge in [-0.1, -0.05) is 0 Å². The fourth-order valence-corrected chi connectivity index (χ4v) is 1.79. The van der Waals surface area contributed by atoms with E-state index in [1.807, 2.05) is 4.98 Å². The largest absolute Gasteiger partial charge is 0.412 e. The molecule has 9 heteroatoms. The van der Waals surface area contributed by atoms with Crippen LogP contribution in [0.15, 0.2) is 15.8 Å². The van der Waals surface area contributed by atoms with Gasteiger partial charge in [0.15, 0.2) is 0 Å². The molecular weight excluding hydrogens is 248 g/mol. The van der Waals surface area contributed by atoms with Gasteiger partial charge in [0, 0.05) is 6.20 Å². The van der Waals surface area contributed by atoms with Gasteiger partial charge >= 0.3 is 5.69 Å². The predicted octanol–water partition coefficient (Wildman–Crippen LogP) is -3.61. The summed E-state index contributed by atoms with van der Waals surface area (Å²) in [6.07, 6.45) is -3.54. The van der Waals surface area contributed by atoms with E-state index in [9.17, 15) is 19.8 Å². The van der Waals surface area contributed by atoms with E-state index in [0.29, 0.717) is 0 Å². The Balaban J connectivity index is 0.00000162. The van der Waals surface area contributed by atoms with Gasteiger partial charge in [0.05, 0.1) is 12.2 Å². The summed E-state index contributed by atoms with van der Waals surface area (Å²) in [5.74, 6) is 0. The average Bonchev–Trinajstić information content (AvgIpc) is 2.57. The molecule has 1 saturated heterocycles. The Morgan fingerprint density at radius 2 is 1.94 bits per heavy atom. The van der Waals surface area contributed by atoms with Crippen molar-refractivity contribution in [2.24, 2.45) is 0 Å². The third-order valence-corrected chi connectivity index (χ3v) is 2.70. The Kier molecular flexibility index (Phi) is 4.38. The smallest absolute Gasteiger partial charge is 0.325 e. The van der Waals surface area contributed by atoms with Crippen LogP contribution >= 0.6 is 0 Å². The summed E-state index contributed by atoms with van der Waals surface area (Å²) in [6, 6.07) is 0. The lowest BCUT2D eigenvalue weighted by Gasteiger charge is -2.13. The monoisotopic (exact) mass is 262 g/mol. The topological polar surface area (TPSA) is 167 Å². The number of hydrogen-bond donors (Lipinski definition) is 5. The van der Waals surface area contributed by atoms with Crippen molar-refractivity contribution >= 4 is 0 Å². The van der Waals surface area contributed by atoms with Crippen LogP contribution in [0.4, 0.5) is 0 Å². The maximum Gasteiger partial charge on any atom is 0.325 e. The maximum absolute atomic E-state index is 11.5. The van der Waals surface area contributed by atoms with Gasteiger partial charge in [0.25, 0.3) is 5.56 Å². The highest BCUT2D eigenvalue weighted by Crippen LogP contribution is 2.31. The van der Waals surface area contributed by atoms with Crippen molar-refractivity contribution in [3.05, 3.63) is 32.6 Å². The van der Waals surface area contributed by atoms with Crippen LogP contribution in [-0.4, -0.2) is 55.7 Å². The lowest BCUT2D eigenvalue weighted by Crippen LogP contribution is -2.34. The minimum absolute atomic E-state index is 0. The summed E-state index contributed by atoms with van der Waals surface area (Å²) in [5.41, 5.74) is -1.39. The Labute approximate surface area is 100.0 Å². The highest BCUT2D eigenvalue weighted by Gasteiger charge is 2.44. The Morgan fingerprint density at radius 1 is 1.28 bits per heavy atom. The van der Waals surface area contributed by atoms with Crippen LogP contribution in [0.5, 0.6) is 0 Å². The van der Waals surface area contributed by atoms with E-state index < -0.39 is 42.3 Å². The molecular formula is C9H14N2O7. The zero-order chi connectivity index (χ0) is 12.6. The van der Waals surface area contributed by atoms with Gasteiger partial charge in [-0.3, -0.25) is 9.78 Å². The summed E-state index contributed by atoms with van der Waals surface area (Å²) in [7, 11) is 0. The minimum Gasteiger partial charge on any atom is -0.412 e. The SMILES string of the molecule is O.O=c1[nH]cc([C@@H]2O[C@H](CO)[C@@H](O)[C@H]2O)c(=O)[nH]1. The fourth-order valence-electron chi connectivity index (χ4n) is 1.79. The molecule has 7 N–H and O–H groups in total. The van der Waals surface area contributed by atoms with Crippen LogP contribution in [0.3, 0.4) is 0 Å². The number of nitrogens with one attached hydrogen (secondary N) is 2. The van der Waals surface area contributed by atoms with Gasteiger partial charge in [-0.05, 0) is 0 Å². The van der Waals surface area contributed by atoms with Gasteiger partial charge in [-0.2, -0.15) is 0 Å². The molecule has 0 unspecified atom stereocenters. The summed E-state index contributed by atoms with van der Waals surface area (Å²) in [4.78, 5) is 26.5. The molecule has 0 aromatic carbocycles. The van der Waals surface area contributed by atoms with Crippen molar-refractivity contribution in [2.45, 2.75) is 24.4 Å². The standard InChI is InChI=1S/C9H12N2O6.H2O/c12-2-4-5(13)6(14)7(17-4)3-1-10-9(16)11-8(3)15;/h1,4-7,12-14H,2H2,(H2,10,11,15,16);1H2/t4-,5-,6-,7+;/m1./s1. The quantitative estimate of drug-likeness (QED) is 0.369. The summed E-state index contributed by atoms with van der Waals surface area (Å²) >= 11 is 0. The molecule has 0 radical (unpaired) electrons. The molecule has 1 aromatic rings. The molecule has 2 heterocycles. The van der Waals surface area contributed by atoms with Gasteiger partial charge in [-0.25, -0.2) is 4.79 Å². The number of aliphatic hydroxyl groups is 3. The zero-order valence-corrected chi connectivity index (χ0v) is 9.16. The molecule has 0 spiro atoms. The minimum atomic E-state index is -1.33. The van der Waals surface area contributed by atoms with Crippen LogP contribution in [0.2, 0.25) is 0 Å². The van der Waals surface area contributed by atoms with E-state index in [-0.39, 0.29) is 11.0 Å². The first-order valence-electron chi connectivity index (χ1n) is 4.99. The Bertz CT molecular complexity index is 510. The van der Waals surface area contributed by atoms with Crippen molar-refractivity contribution in [2.75, 3.05) is 6.61 Å². The molecule has 1 aromatic heterocycles. The summed E-state index contributed by atoms with van der Waals surface area (Å²) in [5, 5.41) is 28.1. The second-order valence-electron chi connectivity index (χ2n) is 3.79. The van der Waals surface area contributed by atoms with E-state index in [4.69, 9.17) is 9.84 Å². The molecule has 102 valence electrons. The first-order chi connectivity index (χ1) is 8.04.